The molecule has 0 amide bonds. The summed E-state index contributed by atoms with van der Waals surface area (Å²) in [6, 6.07) is 17.7. The van der Waals surface area contributed by atoms with Crippen molar-refractivity contribution >= 4 is 55.2 Å². The maximum Gasteiger partial charge on any atom is 0.188 e. The highest BCUT2D eigenvalue weighted by Crippen LogP contribution is 2.42. The van der Waals surface area contributed by atoms with E-state index in [0.717, 1.165) is 6.26 Å². The quantitative estimate of drug-likeness (QED) is 0.323. The highest BCUT2D eigenvalue weighted by Gasteiger charge is 2.21. The first-order valence-electron chi connectivity index (χ1n) is 9.00. The molecule has 0 saturated carbocycles. The van der Waals surface area contributed by atoms with Gasteiger partial charge in [-0.25, -0.2) is 17.8 Å². The molecule has 9 heteroatoms. The van der Waals surface area contributed by atoms with Crippen molar-refractivity contribution in [3.05, 3.63) is 82.6 Å². The summed E-state index contributed by atoms with van der Waals surface area (Å²) in [5.74, 6) is -0.371. The Morgan fingerprint density at radius 2 is 1.61 bits per heavy atom. The SMILES string of the molecule is CS(=O)(=O)c1ccccc1-c1sc(Nc2cc(Cl)cc(Cl)c2)nc1-c1ccc(F)cc1. The Hall–Kier alpha value is -2.45. The molecule has 1 N–H and O–H groups in total. The molecule has 3 aromatic carbocycles. The third-order valence-electron chi connectivity index (χ3n) is 4.39. The van der Waals surface area contributed by atoms with Crippen LogP contribution in [0.3, 0.4) is 0 Å². The van der Waals surface area contributed by atoms with Crippen LogP contribution in [0, 0.1) is 5.82 Å². The number of thiazole rings is 1. The summed E-state index contributed by atoms with van der Waals surface area (Å²) in [6.45, 7) is 0. The van der Waals surface area contributed by atoms with Crippen LogP contribution in [0.5, 0.6) is 0 Å². The average Bonchev–Trinajstić information content (AvgIpc) is 3.10. The molecule has 0 aliphatic rings. The minimum Gasteiger partial charge on any atom is -0.331 e. The van der Waals surface area contributed by atoms with Gasteiger partial charge in [0.25, 0.3) is 0 Å². The fourth-order valence-corrected chi connectivity index (χ4v) is 5.62. The van der Waals surface area contributed by atoms with Crippen LogP contribution >= 0.6 is 34.5 Å². The van der Waals surface area contributed by atoms with Crippen molar-refractivity contribution in [2.24, 2.45) is 0 Å². The molecule has 0 spiro atoms. The lowest BCUT2D eigenvalue weighted by molar-refractivity contribution is 0.602. The van der Waals surface area contributed by atoms with E-state index in [0.29, 0.717) is 42.6 Å². The van der Waals surface area contributed by atoms with Crippen LogP contribution in [0.15, 0.2) is 71.6 Å². The number of hydrogen-bond donors (Lipinski definition) is 1. The van der Waals surface area contributed by atoms with Gasteiger partial charge in [-0.1, -0.05) is 52.7 Å². The van der Waals surface area contributed by atoms with E-state index in [4.69, 9.17) is 23.2 Å². The van der Waals surface area contributed by atoms with E-state index < -0.39 is 9.84 Å². The summed E-state index contributed by atoms with van der Waals surface area (Å²) in [5, 5.41) is 4.61. The Balaban J connectivity index is 1.89. The second-order valence-corrected chi connectivity index (χ2v) is 10.6. The van der Waals surface area contributed by atoms with Crippen LogP contribution in [0.25, 0.3) is 21.7 Å². The molecule has 0 radical (unpaired) electrons. The maximum atomic E-state index is 13.5. The fourth-order valence-electron chi connectivity index (χ4n) is 3.09. The van der Waals surface area contributed by atoms with Gasteiger partial charge in [0.2, 0.25) is 0 Å². The number of anilines is 2. The van der Waals surface area contributed by atoms with E-state index in [2.05, 4.69) is 10.3 Å². The number of sulfone groups is 1. The van der Waals surface area contributed by atoms with Gasteiger partial charge in [-0.3, -0.25) is 0 Å². The summed E-state index contributed by atoms with van der Waals surface area (Å²) in [4.78, 5) is 5.50. The van der Waals surface area contributed by atoms with Gasteiger partial charge in [0.1, 0.15) is 5.82 Å². The number of nitrogens with zero attached hydrogens (tertiary/aromatic N) is 1. The monoisotopic (exact) mass is 492 g/mol. The molecule has 1 aromatic heterocycles. The lowest BCUT2D eigenvalue weighted by Crippen LogP contribution is -1.99. The molecule has 158 valence electrons. The van der Waals surface area contributed by atoms with Gasteiger partial charge in [-0.2, -0.15) is 0 Å². The first kappa shape index (κ1) is 21.8. The zero-order valence-electron chi connectivity index (χ0n) is 16.1. The van der Waals surface area contributed by atoms with Crippen LogP contribution in [0.4, 0.5) is 15.2 Å². The van der Waals surface area contributed by atoms with Crippen molar-refractivity contribution in [1.82, 2.24) is 4.98 Å². The highest BCUT2D eigenvalue weighted by atomic mass is 35.5. The van der Waals surface area contributed by atoms with Crippen LogP contribution in [-0.2, 0) is 9.84 Å². The van der Waals surface area contributed by atoms with Gasteiger partial charge in [-0.05, 0) is 48.5 Å². The summed E-state index contributed by atoms with van der Waals surface area (Å²) >= 11 is 13.5. The van der Waals surface area contributed by atoms with Crippen molar-refractivity contribution in [3.8, 4) is 21.7 Å². The van der Waals surface area contributed by atoms with Gasteiger partial charge >= 0.3 is 0 Å². The Morgan fingerprint density at radius 3 is 2.26 bits per heavy atom. The van der Waals surface area contributed by atoms with Crippen molar-refractivity contribution in [2.45, 2.75) is 4.90 Å². The van der Waals surface area contributed by atoms with Gasteiger partial charge in [0.05, 0.1) is 15.5 Å². The summed E-state index contributed by atoms with van der Waals surface area (Å²) in [5.41, 5.74) is 2.36. The molecule has 31 heavy (non-hydrogen) atoms. The Morgan fingerprint density at radius 1 is 0.968 bits per heavy atom. The average molecular weight is 493 g/mol. The second kappa shape index (κ2) is 8.59. The number of hydrogen-bond acceptors (Lipinski definition) is 5. The summed E-state index contributed by atoms with van der Waals surface area (Å²) in [6.07, 6.45) is 1.16. The zero-order chi connectivity index (χ0) is 22.2. The molecule has 4 aromatic rings. The van der Waals surface area contributed by atoms with Crippen LogP contribution < -0.4 is 5.32 Å². The third kappa shape index (κ3) is 4.91. The van der Waals surface area contributed by atoms with Crippen molar-refractivity contribution in [2.75, 3.05) is 11.6 Å². The minimum atomic E-state index is -3.48. The number of nitrogens with one attached hydrogen (secondary N) is 1. The lowest BCUT2D eigenvalue weighted by atomic mass is 10.1. The maximum absolute atomic E-state index is 13.5. The van der Waals surface area contributed by atoms with E-state index in [1.54, 1.807) is 54.6 Å². The van der Waals surface area contributed by atoms with Gasteiger partial charge in [0, 0.05) is 33.1 Å². The van der Waals surface area contributed by atoms with E-state index in [-0.39, 0.29) is 10.7 Å². The molecular weight excluding hydrogens is 478 g/mol. The normalized spacial score (nSPS) is 11.5. The van der Waals surface area contributed by atoms with Crippen LogP contribution in [0.2, 0.25) is 10.0 Å². The van der Waals surface area contributed by atoms with Gasteiger partial charge in [0.15, 0.2) is 15.0 Å². The van der Waals surface area contributed by atoms with Crippen molar-refractivity contribution in [1.29, 1.82) is 0 Å². The largest absolute Gasteiger partial charge is 0.331 e. The van der Waals surface area contributed by atoms with Crippen LogP contribution in [-0.4, -0.2) is 19.7 Å². The lowest BCUT2D eigenvalue weighted by Gasteiger charge is -2.08. The van der Waals surface area contributed by atoms with Crippen LogP contribution in [0.1, 0.15) is 0 Å². The zero-order valence-corrected chi connectivity index (χ0v) is 19.2. The van der Waals surface area contributed by atoms with E-state index in [1.165, 1.54) is 23.5 Å². The molecule has 0 aliphatic carbocycles. The molecule has 0 aliphatic heterocycles. The predicted octanol–water partition coefficient (Wildman–Crippen LogP) is 7.07. The Bertz CT molecular complexity index is 1350. The first-order chi connectivity index (χ1) is 14.7. The second-order valence-electron chi connectivity index (χ2n) is 6.76. The first-order valence-corrected chi connectivity index (χ1v) is 12.5. The standard InChI is InChI=1S/C22H15Cl2FN2O2S2/c1-31(28,29)19-5-3-2-4-18(19)21-20(13-6-8-16(25)9-7-13)27-22(30-21)26-17-11-14(23)10-15(24)12-17/h2-12H,1H3,(H,26,27). The highest BCUT2D eigenvalue weighted by molar-refractivity contribution is 7.90. The predicted molar refractivity (Wildman–Crippen MR) is 126 cm³/mol. The molecule has 0 saturated heterocycles. The smallest absolute Gasteiger partial charge is 0.188 e. The number of halogens is 3. The van der Waals surface area contributed by atoms with Gasteiger partial charge < -0.3 is 5.32 Å². The van der Waals surface area contributed by atoms with E-state index in [1.807, 2.05) is 0 Å². The summed E-state index contributed by atoms with van der Waals surface area (Å²) in [7, 11) is -3.48. The van der Waals surface area contributed by atoms with Gasteiger partial charge in [-0.15, -0.1) is 0 Å². The van der Waals surface area contributed by atoms with Crippen molar-refractivity contribution in [3.63, 3.8) is 0 Å². The topological polar surface area (TPSA) is 59.1 Å². The summed E-state index contributed by atoms with van der Waals surface area (Å²) < 4.78 is 38.2. The molecule has 4 nitrogen and oxygen atoms in total. The third-order valence-corrected chi connectivity index (χ3v) is 6.99. The molecule has 0 bridgehead atoms. The molecule has 0 fully saturated rings. The number of benzene rings is 3. The molecule has 0 atom stereocenters. The van der Waals surface area contributed by atoms with E-state index in [9.17, 15) is 12.8 Å². The fraction of sp³-hybridized carbons (Fsp3) is 0.0455. The minimum absolute atomic E-state index is 0.194. The molecule has 1 heterocycles. The number of rotatable bonds is 5. The molecule has 0 unspecified atom stereocenters. The number of aromatic nitrogens is 1. The van der Waals surface area contributed by atoms with Crippen molar-refractivity contribution < 1.29 is 12.8 Å². The molecular formula is C22H15Cl2FN2O2S2. The Labute approximate surface area is 193 Å². The Kier molecular flexibility index (Phi) is 6.03. The molecule has 4 rings (SSSR count). The van der Waals surface area contributed by atoms with E-state index >= 15 is 0 Å².